The molecule has 4 nitrogen and oxygen atoms in total. The fourth-order valence-corrected chi connectivity index (χ4v) is 2.50. The number of rotatable bonds is 5. The van der Waals surface area contributed by atoms with Crippen LogP contribution in [-0.4, -0.2) is 29.8 Å². The molecule has 2 N–H and O–H groups in total. The van der Waals surface area contributed by atoms with Gasteiger partial charge < -0.3 is 15.2 Å². The van der Waals surface area contributed by atoms with Gasteiger partial charge in [0.1, 0.15) is 5.75 Å². The summed E-state index contributed by atoms with van der Waals surface area (Å²) in [5.74, 6) is 0.525. The van der Waals surface area contributed by atoms with Crippen molar-refractivity contribution in [2.24, 2.45) is 0 Å². The second-order valence-electron chi connectivity index (χ2n) is 5.31. The molecule has 0 aliphatic heterocycles. The van der Waals surface area contributed by atoms with E-state index in [1.807, 2.05) is 24.3 Å². The fourth-order valence-electron chi connectivity index (χ4n) is 2.50. The maximum atomic E-state index is 11.8. The highest BCUT2D eigenvalue weighted by Crippen LogP contribution is 2.18. The molecule has 0 heterocycles. The molecule has 1 amide bonds. The smallest absolute Gasteiger partial charge is 0.258 e. The van der Waals surface area contributed by atoms with Crippen LogP contribution < -0.4 is 10.1 Å². The van der Waals surface area contributed by atoms with Gasteiger partial charge >= 0.3 is 0 Å². The van der Waals surface area contributed by atoms with E-state index in [0.717, 1.165) is 32.1 Å². The van der Waals surface area contributed by atoms with E-state index in [-0.39, 0.29) is 18.6 Å². The van der Waals surface area contributed by atoms with Gasteiger partial charge in [0.25, 0.3) is 5.91 Å². The molecule has 0 radical (unpaired) electrons. The molecule has 0 aromatic heterocycles. The third kappa shape index (κ3) is 4.23. The van der Waals surface area contributed by atoms with Crippen molar-refractivity contribution >= 4 is 5.91 Å². The van der Waals surface area contributed by atoms with Gasteiger partial charge in [-0.15, -0.1) is 0 Å². The summed E-state index contributed by atoms with van der Waals surface area (Å²) >= 11 is 0. The molecule has 0 spiro atoms. The zero-order valence-electron chi connectivity index (χ0n) is 12.0. The molecule has 110 valence electrons. The van der Waals surface area contributed by atoms with Gasteiger partial charge in [-0.25, -0.2) is 0 Å². The molecule has 1 aliphatic carbocycles. The Bertz CT molecular complexity index is 430. The van der Waals surface area contributed by atoms with Crippen molar-refractivity contribution in [3.8, 4) is 5.75 Å². The second-order valence-corrected chi connectivity index (χ2v) is 5.31. The van der Waals surface area contributed by atoms with Crippen molar-refractivity contribution in [3.63, 3.8) is 0 Å². The molecule has 0 bridgehead atoms. The number of carbonyl (C=O) groups excluding carboxylic acids is 1. The molecule has 1 saturated carbocycles. The minimum Gasteiger partial charge on any atom is -0.484 e. The van der Waals surface area contributed by atoms with Crippen LogP contribution in [0.3, 0.4) is 0 Å². The van der Waals surface area contributed by atoms with Gasteiger partial charge in [0, 0.05) is 0 Å². The zero-order valence-corrected chi connectivity index (χ0v) is 12.0. The number of aliphatic hydroxyl groups is 1. The Morgan fingerprint density at radius 1 is 1.30 bits per heavy atom. The van der Waals surface area contributed by atoms with Gasteiger partial charge in [-0.1, -0.05) is 31.9 Å². The molecule has 2 rings (SSSR count). The normalized spacial score (nSPS) is 22.3. The van der Waals surface area contributed by atoms with Crippen molar-refractivity contribution in [1.82, 2.24) is 5.32 Å². The lowest BCUT2D eigenvalue weighted by Gasteiger charge is -2.28. The predicted octanol–water partition coefficient (Wildman–Crippen LogP) is 2.05. The van der Waals surface area contributed by atoms with Crippen molar-refractivity contribution in [2.45, 2.75) is 51.2 Å². The van der Waals surface area contributed by atoms with E-state index < -0.39 is 6.10 Å². The Kier molecular flexibility index (Phi) is 5.41. The van der Waals surface area contributed by atoms with Crippen LogP contribution in [0.5, 0.6) is 5.75 Å². The van der Waals surface area contributed by atoms with E-state index in [0.29, 0.717) is 5.75 Å². The minimum absolute atomic E-state index is 0.00527. The first-order chi connectivity index (χ1) is 9.69. The van der Waals surface area contributed by atoms with Gasteiger partial charge in [-0.3, -0.25) is 4.79 Å². The van der Waals surface area contributed by atoms with Crippen LogP contribution in [0.2, 0.25) is 0 Å². The van der Waals surface area contributed by atoms with Crippen LogP contribution in [-0.2, 0) is 11.2 Å². The highest BCUT2D eigenvalue weighted by atomic mass is 16.5. The van der Waals surface area contributed by atoms with Gasteiger partial charge in [0.15, 0.2) is 6.61 Å². The molecular weight excluding hydrogens is 254 g/mol. The van der Waals surface area contributed by atoms with Crippen LogP contribution in [0.15, 0.2) is 24.3 Å². The first kappa shape index (κ1) is 14.9. The monoisotopic (exact) mass is 277 g/mol. The molecule has 4 heteroatoms. The average Bonchev–Trinajstić information content (AvgIpc) is 2.48. The summed E-state index contributed by atoms with van der Waals surface area (Å²) in [4.78, 5) is 11.8. The van der Waals surface area contributed by atoms with Crippen LogP contribution >= 0.6 is 0 Å². The first-order valence-electron chi connectivity index (χ1n) is 7.38. The topological polar surface area (TPSA) is 58.6 Å². The second kappa shape index (κ2) is 7.29. The van der Waals surface area contributed by atoms with Crippen LogP contribution in [0.1, 0.15) is 38.2 Å². The number of benzene rings is 1. The molecule has 1 aromatic carbocycles. The summed E-state index contributed by atoms with van der Waals surface area (Å²) in [6.07, 6.45) is 4.27. The Morgan fingerprint density at radius 3 is 2.65 bits per heavy atom. The summed E-state index contributed by atoms with van der Waals surface area (Å²) in [6.45, 7) is 2.09. The lowest BCUT2D eigenvalue weighted by Crippen LogP contribution is -2.46. The van der Waals surface area contributed by atoms with E-state index in [1.165, 1.54) is 5.56 Å². The van der Waals surface area contributed by atoms with E-state index in [2.05, 4.69) is 12.2 Å². The van der Waals surface area contributed by atoms with E-state index in [1.54, 1.807) is 0 Å². The standard InChI is InChI=1S/C16H23NO3/c1-2-12-7-9-13(10-8-12)20-11-16(19)17-14-5-3-4-6-15(14)18/h7-10,14-15,18H,2-6,11H2,1H3,(H,17,19)/t14-,15-/m1/s1. The Labute approximate surface area is 120 Å². The third-order valence-corrected chi connectivity index (χ3v) is 3.78. The quantitative estimate of drug-likeness (QED) is 0.866. The maximum absolute atomic E-state index is 11.8. The Morgan fingerprint density at radius 2 is 2.00 bits per heavy atom. The van der Waals surface area contributed by atoms with E-state index in [4.69, 9.17) is 4.74 Å². The van der Waals surface area contributed by atoms with E-state index in [9.17, 15) is 9.90 Å². The lowest BCUT2D eigenvalue weighted by molar-refractivity contribution is -0.125. The maximum Gasteiger partial charge on any atom is 0.258 e. The summed E-state index contributed by atoms with van der Waals surface area (Å²) in [5.41, 5.74) is 1.24. The molecule has 2 atom stereocenters. The highest BCUT2D eigenvalue weighted by molar-refractivity contribution is 5.77. The van der Waals surface area contributed by atoms with Gasteiger partial charge in [-0.2, -0.15) is 0 Å². The number of nitrogens with one attached hydrogen (secondary N) is 1. The molecule has 0 unspecified atom stereocenters. The molecule has 20 heavy (non-hydrogen) atoms. The number of hydrogen-bond acceptors (Lipinski definition) is 3. The van der Waals surface area contributed by atoms with Gasteiger partial charge in [-0.05, 0) is 37.0 Å². The molecular formula is C16H23NO3. The zero-order chi connectivity index (χ0) is 14.4. The van der Waals surface area contributed by atoms with Crippen LogP contribution in [0.4, 0.5) is 0 Å². The molecule has 1 aliphatic rings. The summed E-state index contributed by atoms with van der Waals surface area (Å²) < 4.78 is 5.45. The van der Waals surface area contributed by atoms with Crippen molar-refractivity contribution in [1.29, 1.82) is 0 Å². The van der Waals surface area contributed by atoms with Crippen LogP contribution in [0, 0.1) is 0 Å². The van der Waals surface area contributed by atoms with Gasteiger partial charge in [0.2, 0.25) is 0 Å². The van der Waals surface area contributed by atoms with Crippen molar-refractivity contribution in [3.05, 3.63) is 29.8 Å². The Hall–Kier alpha value is -1.55. The Balaban J connectivity index is 1.76. The van der Waals surface area contributed by atoms with Crippen molar-refractivity contribution < 1.29 is 14.6 Å². The number of amides is 1. The van der Waals surface area contributed by atoms with Gasteiger partial charge in [0.05, 0.1) is 12.1 Å². The van der Waals surface area contributed by atoms with Crippen molar-refractivity contribution in [2.75, 3.05) is 6.61 Å². The predicted molar refractivity (Wildman–Crippen MR) is 77.7 cm³/mol. The lowest BCUT2D eigenvalue weighted by atomic mass is 9.92. The number of aliphatic hydroxyl groups excluding tert-OH is 1. The van der Waals surface area contributed by atoms with E-state index >= 15 is 0 Å². The number of hydrogen-bond donors (Lipinski definition) is 2. The molecule has 1 fully saturated rings. The first-order valence-corrected chi connectivity index (χ1v) is 7.38. The summed E-state index contributed by atoms with van der Waals surface area (Å²) in [7, 11) is 0. The third-order valence-electron chi connectivity index (χ3n) is 3.78. The fraction of sp³-hybridized carbons (Fsp3) is 0.562. The number of ether oxygens (including phenoxy) is 1. The average molecular weight is 277 g/mol. The highest BCUT2D eigenvalue weighted by Gasteiger charge is 2.24. The molecule has 1 aromatic rings. The minimum atomic E-state index is -0.420. The summed E-state index contributed by atoms with van der Waals surface area (Å²) in [5, 5.41) is 12.7. The summed E-state index contributed by atoms with van der Waals surface area (Å²) in [6, 6.07) is 7.63. The number of carbonyl (C=O) groups is 1. The number of aryl methyl sites for hydroxylation is 1. The largest absolute Gasteiger partial charge is 0.484 e. The molecule has 0 saturated heterocycles. The SMILES string of the molecule is CCc1ccc(OCC(=O)N[C@@H]2CCCC[C@H]2O)cc1. The van der Waals surface area contributed by atoms with Crippen LogP contribution in [0.25, 0.3) is 0 Å².